The number of nitrogens with one attached hydrogen (secondary N) is 1. The van der Waals surface area contributed by atoms with E-state index < -0.39 is 0 Å². The minimum atomic E-state index is -0.250. The van der Waals surface area contributed by atoms with Crippen molar-refractivity contribution in [2.24, 2.45) is 0 Å². The van der Waals surface area contributed by atoms with Crippen LogP contribution in [0.5, 0.6) is 0 Å². The fourth-order valence-electron chi connectivity index (χ4n) is 1.95. The molecule has 1 aromatic rings. The van der Waals surface area contributed by atoms with Gasteiger partial charge in [-0.05, 0) is 33.1 Å². The predicted molar refractivity (Wildman–Crippen MR) is 77.7 cm³/mol. The lowest BCUT2D eigenvalue weighted by molar-refractivity contribution is -0.132. The first kappa shape index (κ1) is 14.6. The van der Waals surface area contributed by atoms with Crippen LogP contribution in [0.25, 0.3) is 0 Å². The monoisotopic (exact) mass is 278 g/mol. The first-order valence-corrected chi connectivity index (χ1v) is 7.06. The number of nitrogens with zero attached hydrogens (tertiary/aromatic N) is 3. The molecule has 0 atom stereocenters. The fraction of sp³-hybridized carbons (Fsp3) is 0.643. The quantitative estimate of drug-likeness (QED) is 0.875. The summed E-state index contributed by atoms with van der Waals surface area (Å²) in [4.78, 5) is 25.5. The topological polar surface area (TPSA) is 67.2 Å². The number of hydrogen-bond donors (Lipinski definition) is 1. The van der Waals surface area contributed by atoms with E-state index in [4.69, 9.17) is 0 Å². The Balaban J connectivity index is 2.02. The molecule has 1 aliphatic rings. The van der Waals surface area contributed by atoms with Gasteiger partial charge in [0.15, 0.2) is 0 Å². The largest absolute Gasteiger partial charge is 0.381 e. The Morgan fingerprint density at radius 1 is 1.55 bits per heavy atom. The third kappa shape index (κ3) is 3.37. The van der Waals surface area contributed by atoms with Crippen LogP contribution < -0.4 is 10.9 Å². The van der Waals surface area contributed by atoms with Gasteiger partial charge in [0, 0.05) is 25.2 Å². The fourth-order valence-corrected chi connectivity index (χ4v) is 1.95. The van der Waals surface area contributed by atoms with Crippen molar-refractivity contribution in [3.8, 4) is 0 Å². The summed E-state index contributed by atoms with van der Waals surface area (Å²) in [5.74, 6) is -0.116. The van der Waals surface area contributed by atoms with Crippen LogP contribution in [0.15, 0.2) is 17.1 Å². The van der Waals surface area contributed by atoms with Crippen molar-refractivity contribution >= 4 is 11.6 Å². The molecule has 6 heteroatoms. The van der Waals surface area contributed by atoms with Crippen molar-refractivity contribution in [3.05, 3.63) is 22.6 Å². The van der Waals surface area contributed by atoms with Gasteiger partial charge < -0.3 is 10.2 Å². The number of carbonyl (C=O) groups is 1. The van der Waals surface area contributed by atoms with Gasteiger partial charge in [0.25, 0.3) is 5.56 Å². The van der Waals surface area contributed by atoms with Gasteiger partial charge in [0.05, 0.1) is 11.9 Å². The molecule has 1 amide bonds. The molecule has 2 rings (SSSR count). The molecule has 20 heavy (non-hydrogen) atoms. The molecule has 0 saturated heterocycles. The second-order valence-electron chi connectivity index (χ2n) is 5.61. The summed E-state index contributed by atoms with van der Waals surface area (Å²) >= 11 is 0. The number of amides is 1. The maximum atomic E-state index is 11.9. The van der Waals surface area contributed by atoms with E-state index in [9.17, 15) is 9.59 Å². The number of hydrogen-bond acceptors (Lipinski definition) is 4. The van der Waals surface area contributed by atoms with Crippen molar-refractivity contribution in [1.82, 2.24) is 14.7 Å². The van der Waals surface area contributed by atoms with E-state index in [-0.39, 0.29) is 24.1 Å². The summed E-state index contributed by atoms with van der Waals surface area (Å²) in [6, 6.07) is 2.08. The van der Waals surface area contributed by atoms with E-state index in [2.05, 4.69) is 10.4 Å². The van der Waals surface area contributed by atoms with Gasteiger partial charge >= 0.3 is 0 Å². The van der Waals surface area contributed by atoms with Crippen molar-refractivity contribution in [2.45, 2.75) is 51.7 Å². The Hall–Kier alpha value is -1.85. The van der Waals surface area contributed by atoms with Crippen LogP contribution in [0.2, 0.25) is 0 Å². The maximum absolute atomic E-state index is 11.9. The second-order valence-corrected chi connectivity index (χ2v) is 5.61. The van der Waals surface area contributed by atoms with Gasteiger partial charge in [-0.1, -0.05) is 0 Å². The van der Waals surface area contributed by atoms with E-state index in [1.54, 1.807) is 18.1 Å². The molecule has 1 fully saturated rings. The first-order chi connectivity index (χ1) is 9.47. The van der Waals surface area contributed by atoms with E-state index in [1.165, 1.54) is 17.2 Å². The molecule has 0 aromatic carbocycles. The lowest BCUT2D eigenvalue weighted by Gasteiger charge is -2.27. The summed E-state index contributed by atoms with van der Waals surface area (Å²) in [5, 5.41) is 7.34. The van der Waals surface area contributed by atoms with Crippen molar-refractivity contribution in [1.29, 1.82) is 0 Å². The first-order valence-electron chi connectivity index (χ1n) is 7.06. The highest BCUT2D eigenvalue weighted by Crippen LogP contribution is 2.21. The maximum Gasteiger partial charge on any atom is 0.269 e. The normalized spacial score (nSPS) is 15.0. The minimum absolute atomic E-state index is 0.0166. The Bertz CT molecular complexity index is 534. The SMILES string of the molecule is CC(C)N(C)C(=O)Cn1ncc(NC2CCC2)cc1=O. The predicted octanol–water partition coefficient (Wildman–Crippen LogP) is 1.07. The molecule has 1 heterocycles. The highest BCUT2D eigenvalue weighted by atomic mass is 16.2. The van der Waals surface area contributed by atoms with E-state index >= 15 is 0 Å². The van der Waals surface area contributed by atoms with Gasteiger partial charge in [-0.25, -0.2) is 4.68 Å². The summed E-state index contributed by atoms with van der Waals surface area (Å²) < 4.78 is 1.20. The van der Waals surface area contributed by atoms with Crippen molar-refractivity contribution in [2.75, 3.05) is 12.4 Å². The molecule has 1 N–H and O–H groups in total. The zero-order chi connectivity index (χ0) is 14.7. The van der Waals surface area contributed by atoms with Crippen molar-refractivity contribution < 1.29 is 4.79 Å². The van der Waals surface area contributed by atoms with Crippen LogP contribution in [0.3, 0.4) is 0 Å². The Morgan fingerprint density at radius 3 is 2.75 bits per heavy atom. The highest BCUT2D eigenvalue weighted by Gasteiger charge is 2.18. The van der Waals surface area contributed by atoms with Gasteiger partial charge in [0.2, 0.25) is 5.91 Å². The number of likely N-dealkylation sites (N-methyl/N-ethyl adjacent to an activating group) is 1. The second kappa shape index (κ2) is 6.07. The summed E-state index contributed by atoms with van der Waals surface area (Å²) in [7, 11) is 1.73. The van der Waals surface area contributed by atoms with Gasteiger partial charge in [0.1, 0.15) is 6.54 Å². The van der Waals surface area contributed by atoms with E-state index in [0.717, 1.165) is 18.5 Å². The van der Waals surface area contributed by atoms with Crippen LogP contribution in [-0.4, -0.2) is 39.7 Å². The molecule has 1 saturated carbocycles. The van der Waals surface area contributed by atoms with Gasteiger partial charge in [-0.15, -0.1) is 0 Å². The highest BCUT2D eigenvalue weighted by molar-refractivity contribution is 5.75. The molecule has 0 aliphatic heterocycles. The molecule has 1 aliphatic carbocycles. The zero-order valence-corrected chi connectivity index (χ0v) is 12.3. The standard InChI is InChI=1S/C14H22N4O2/c1-10(2)17(3)14(20)9-18-13(19)7-12(8-15-18)16-11-5-4-6-11/h7-8,10-11,16H,4-6,9H2,1-3H3. The van der Waals surface area contributed by atoms with Crippen LogP contribution >= 0.6 is 0 Å². The minimum Gasteiger partial charge on any atom is -0.381 e. The van der Waals surface area contributed by atoms with Crippen LogP contribution in [0.1, 0.15) is 33.1 Å². The number of anilines is 1. The van der Waals surface area contributed by atoms with Crippen LogP contribution in [-0.2, 0) is 11.3 Å². The van der Waals surface area contributed by atoms with Gasteiger partial charge in [-0.2, -0.15) is 5.10 Å². The molecular formula is C14H22N4O2. The summed E-state index contributed by atoms with van der Waals surface area (Å²) in [5.41, 5.74) is 0.487. The van der Waals surface area contributed by atoms with E-state index in [1.807, 2.05) is 13.8 Å². The van der Waals surface area contributed by atoms with Crippen LogP contribution in [0, 0.1) is 0 Å². The molecule has 0 unspecified atom stereocenters. The van der Waals surface area contributed by atoms with Crippen molar-refractivity contribution in [3.63, 3.8) is 0 Å². The molecule has 0 spiro atoms. The van der Waals surface area contributed by atoms with Gasteiger partial charge in [-0.3, -0.25) is 9.59 Å². The van der Waals surface area contributed by atoms with E-state index in [0.29, 0.717) is 6.04 Å². The molecule has 0 bridgehead atoms. The van der Waals surface area contributed by atoms with Crippen LogP contribution in [0.4, 0.5) is 5.69 Å². The number of aromatic nitrogens is 2. The average Bonchev–Trinajstić information content (AvgIpc) is 2.35. The zero-order valence-electron chi connectivity index (χ0n) is 12.3. The molecule has 110 valence electrons. The smallest absolute Gasteiger partial charge is 0.269 e. The number of carbonyl (C=O) groups excluding carboxylic acids is 1. The summed E-state index contributed by atoms with van der Waals surface area (Å²) in [6.45, 7) is 3.84. The third-order valence-electron chi connectivity index (χ3n) is 3.80. The lowest BCUT2D eigenvalue weighted by Crippen LogP contribution is -2.38. The Morgan fingerprint density at radius 2 is 2.25 bits per heavy atom. The third-order valence-corrected chi connectivity index (χ3v) is 3.80. The molecule has 0 radical (unpaired) electrons. The average molecular weight is 278 g/mol. The lowest BCUT2D eigenvalue weighted by atomic mass is 9.93. The molecule has 6 nitrogen and oxygen atoms in total. The Kier molecular flexibility index (Phi) is 4.42. The summed E-state index contributed by atoms with van der Waals surface area (Å²) in [6.07, 6.45) is 5.13. The molecular weight excluding hydrogens is 256 g/mol. The number of rotatable bonds is 5. The molecule has 1 aromatic heterocycles. The Labute approximate surface area is 118 Å².